The van der Waals surface area contributed by atoms with Crippen LogP contribution in [0.3, 0.4) is 0 Å². The number of benzene rings is 2. The highest BCUT2D eigenvalue weighted by molar-refractivity contribution is 5.98. The van der Waals surface area contributed by atoms with E-state index in [1.807, 2.05) is 6.07 Å². The SMILES string of the molecule is Nc1cc(F)ccc1CC(=O)c1ccc(CNC(=O)/C=C/c2cccnc2)cc1. The van der Waals surface area contributed by atoms with Gasteiger partial charge in [-0.2, -0.15) is 0 Å². The lowest BCUT2D eigenvalue weighted by Crippen LogP contribution is -2.20. The largest absolute Gasteiger partial charge is 0.398 e. The van der Waals surface area contributed by atoms with Gasteiger partial charge in [-0.25, -0.2) is 4.39 Å². The minimum absolute atomic E-state index is 0.0985. The van der Waals surface area contributed by atoms with E-state index < -0.39 is 5.82 Å². The summed E-state index contributed by atoms with van der Waals surface area (Å²) >= 11 is 0. The molecule has 6 heteroatoms. The van der Waals surface area contributed by atoms with Crippen LogP contribution in [0.15, 0.2) is 73.1 Å². The van der Waals surface area contributed by atoms with Crippen LogP contribution >= 0.6 is 0 Å². The number of ketones is 1. The number of nitrogens with zero attached hydrogens (tertiary/aromatic N) is 1. The van der Waals surface area contributed by atoms with Crippen LogP contribution in [0.5, 0.6) is 0 Å². The molecule has 1 amide bonds. The number of amides is 1. The van der Waals surface area contributed by atoms with Crippen LogP contribution in [0.4, 0.5) is 10.1 Å². The number of halogens is 1. The molecular weight excluding hydrogens is 369 g/mol. The number of carbonyl (C=O) groups excluding carboxylic acids is 2. The van der Waals surface area contributed by atoms with E-state index >= 15 is 0 Å². The smallest absolute Gasteiger partial charge is 0.244 e. The van der Waals surface area contributed by atoms with Crippen LogP contribution < -0.4 is 11.1 Å². The number of carbonyl (C=O) groups is 2. The van der Waals surface area contributed by atoms with Gasteiger partial charge in [-0.15, -0.1) is 0 Å². The minimum Gasteiger partial charge on any atom is -0.398 e. The second-order valence-electron chi connectivity index (χ2n) is 6.48. The van der Waals surface area contributed by atoms with E-state index in [4.69, 9.17) is 5.73 Å². The number of hydrogen-bond donors (Lipinski definition) is 2. The van der Waals surface area contributed by atoms with Gasteiger partial charge in [0.25, 0.3) is 0 Å². The Kier molecular flexibility index (Phi) is 6.47. The second-order valence-corrected chi connectivity index (χ2v) is 6.48. The van der Waals surface area contributed by atoms with Crippen molar-refractivity contribution >= 4 is 23.5 Å². The number of aromatic nitrogens is 1. The molecule has 3 N–H and O–H groups in total. The summed E-state index contributed by atoms with van der Waals surface area (Å²) < 4.78 is 13.1. The molecule has 0 aliphatic heterocycles. The van der Waals surface area contributed by atoms with Crippen molar-refractivity contribution in [2.75, 3.05) is 5.73 Å². The number of rotatable bonds is 7. The van der Waals surface area contributed by atoms with E-state index in [1.54, 1.807) is 48.8 Å². The van der Waals surface area contributed by atoms with Gasteiger partial charge >= 0.3 is 0 Å². The van der Waals surface area contributed by atoms with Gasteiger partial charge in [-0.1, -0.05) is 36.4 Å². The fraction of sp³-hybridized carbons (Fsp3) is 0.0870. The zero-order chi connectivity index (χ0) is 20.6. The third-order valence-corrected chi connectivity index (χ3v) is 4.31. The maximum atomic E-state index is 13.1. The molecule has 0 aliphatic rings. The highest BCUT2D eigenvalue weighted by Gasteiger charge is 2.10. The first-order valence-electron chi connectivity index (χ1n) is 9.03. The predicted molar refractivity (Wildman–Crippen MR) is 110 cm³/mol. The number of nitrogen functional groups attached to an aromatic ring is 1. The van der Waals surface area contributed by atoms with Crippen LogP contribution in [0.25, 0.3) is 6.08 Å². The van der Waals surface area contributed by atoms with Gasteiger partial charge in [-0.05, 0) is 41.0 Å². The second kappa shape index (κ2) is 9.41. The van der Waals surface area contributed by atoms with Crippen LogP contribution in [0.1, 0.15) is 27.0 Å². The number of pyridine rings is 1. The molecule has 3 rings (SSSR count). The van der Waals surface area contributed by atoms with Crippen molar-refractivity contribution in [2.24, 2.45) is 0 Å². The molecule has 1 aromatic heterocycles. The lowest BCUT2D eigenvalue weighted by atomic mass is 10.0. The summed E-state index contributed by atoms with van der Waals surface area (Å²) in [5, 5.41) is 2.79. The fourth-order valence-electron chi connectivity index (χ4n) is 2.70. The van der Waals surface area contributed by atoms with E-state index in [0.29, 0.717) is 17.7 Å². The van der Waals surface area contributed by atoms with E-state index in [-0.39, 0.29) is 23.8 Å². The zero-order valence-corrected chi connectivity index (χ0v) is 15.6. The number of hydrogen-bond acceptors (Lipinski definition) is 4. The molecule has 0 radical (unpaired) electrons. The van der Waals surface area contributed by atoms with E-state index in [2.05, 4.69) is 10.3 Å². The third-order valence-electron chi connectivity index (χ3n) is 4.31. The first-order valence-corrected chi connectivity index (χ1v) is 9.03. The van der Waals surface area contributed by atoms with Crippen molar-refractivity contribution in [1.29, 1.82) is 0 Å². The molecule has 1 heterocycles. The van der Waals surface area contributed by atoms with Gasteiger partial charge < -0.3 is 11.1 Å². The molecule has 3 aromatic rings. The molecule has 0 fully saturated rings. The molecule has 2 aromatic carbocycles. The van der Waals surface area contributed by atoms with Crippen LogP contribution in [0, 0.1) is 5.82 Å². The lowest BCUT2D eigenvalue weighted by molar-refractivity contribution is -0.116. The van der Waals surface area contributed by atoms with Gasteiger partial charge in [0.2, 0.25) is 5.91 Å². The quantitative estimate of drug-likeness (QED) is 0.368. The van der Waals surface area contributed by atoms with Gasteiger partial charge in [0.05, 0.1) is 0 Å². The Morgan fingerprint density at radius 2 is 1.90 bits per heavy atom. The van der Waals surface area contributed by atoms with Crippen LogP contribution in [-0.2, 0) is 17.8 Å². The zero-order valence-electron chi connectivity index (χ0n) is 15.6. The van der Waals surface area contributed by atoms with Crippen molar-refractivity contribution in [3.8, 4) is 0 Å². The van der Waals surface area contributed by atoms with Crippen molar-refractivity contribution in [2.45, 2.75) is 13.0 Å². The third kappa shape index (κ3) is 5.84. The average Bonchev–Trinajstić information content (AvgIpc) is 2.74. The Labute approximate surface area is 168 Å². The van der Waals surface area contributed by atoms with Crippen molar-refractivity contribution < 1.29 is 14.0 Å². The molecule has 0 saturated heterocycles. The first kappa shape index (κ1) is 19.9. The molecule has 5 nitrogen and oxygen atoms in total. The van der Waals surface area contributed by atoms with Crippen molar-refractivity contribution in [3.63, 3.8) is 0 Å². The van der Waals surface area contributed by atoms with Crippen LogP contribution in [0.2, 0.25) is 0 Å². The summed E-state index contributed by atoms with van der Waals surface area (Å²) in [6.07, 6.45) is 6.56. The predicted octanol–water partition coefficient (Wildman–Crippen LogP) is 3.56. The van der Waals surface area contributed by atoms with Gasteiger partial charge in [0.1, 0.15) is 5.82 Å². The Morgan fingerprint density at radius 3 is 2.59 bits per heavy atom. The van der Waals surface area contributed by atoms with Gasteiger partial charge in [-0.3, -0.25) is 14.6 Å². The summed E-state index contributed by atoms with van der Waals surface area (Å²) in [4.78, 5) is 28.3. The van der Waals surface area contributed by atoms with E-state index in [1.165, 1.54) is 24.3 Å². The molecule has 0 spiro atoms. The highest BCUT2D eigenvalue weighted by Crippen LogP contribution is 2.16. The topological polar surface area (TPSA) is 85.1 Å². The average molecular weight is 389 g/mol. The number of nitrogens with one attached hydrogen (secondary N) is 1. The summed E-state index contributed by atoms with van der Waals surface area (Å²) in [7, 11) is 0. The Morgan fingerprint density at radius 1 is 1.10 bits per heavy atom. The van der Waals surface area contributed by atoms with Gasteiger partial charge in [0.15, 0.2) is 5.78 Å². The fourth-order valence-corrected chi connectivity index (χ4v) is 2.70. The number of Topliss-reactive ketones (excluding diaryl/α,β-unsaturated/α-hetero) is 1. The molecule has 0 atom stereocenters. The number of nitrogens with two attached hydrogens (primary N) is 1. The number of anilines is 1. The Balaban J connectivity index is 1.53. The highest BCUT2D eigenvalue weighted by atomic mass is 19.1. The normalized spacial score (nSPS) is 10.8. The monoisotopic (exact) mass is 389 g/mol. The molecular formula is C23H20FN3O2. The summed E-state index contributed by atoms with van der Waals surface area (Å²) in [6, 6.07) is 14.6. The van der Waals surface area contributed by atoms with Crippen LogP contribution in [-0.4, -0.2) is 16.7 Å². The lowest BCUT2D eigenvalue weighted by Gasteiger charge is -2.07. The van der Waals surface area contributed by atoms with Crippen molar-refractivity contribution in [3.05, 3.63) is 101 Å². The van der Waals surface area contributed by atoms with Crippen molar-refractivity contribution in [1.82, 2.24) is 10.3 Å². The maximum absolute atomic E-state index is 13.1. The molecule has 0 bridgehead atoms. The molecule has 0 unspecified atom stereocenters. The van der Waals surface area contributed by atoms with Gasteiger partial charge in [0, 0.05) is 42.7 Å². The molecule has 0 aliphatic carbocycles. The first-order chi connectivity index (χ1) is 14.0. The van der Waals surface area contributed by atoms with E-state index in [9.17, 15) is 14.0 Å². The molecule has 0 saturated carbocycles. The van der Waals surface area contributed by atoms with E-state index in [0.717, 1.165) is 11.1 Å². The maximum Gasteiger partial charge on any atom is 0.244 e. The summed E-state index contributed by atoms with van der Waals surface area (Å²) in [5.41, 5.74) is 8.85. The summed E-state index contributed by atoms with van der Waals surface area (Å²) in [6.45, 7) is 0.343. The minimum atomic E-state index is -0.430. The summed E-state index contributed by atoms with van der Waals surface area (Å²) in [5.74, 6) is -0.764. The molecule has 146 valence electrons. The Hall–Kier alpha value is -3.80. The molecule has 29 heavy (non-hydrogen) atoms. The standard InChI is InChI=1S/C23H20FN3O2/c24-20-9-8-19(21(25)13-20)12-22(28)18-6-3-17(4-7-18)15-27-23(29)10-5-16-2-1-11-26-14-16/h1-11,13-14H,12,15,25H2,(H,27,29)/b10-5+. The Bertz CT molecular complexity index is 1030.